The Kier molecular flexibility index (Phi) is 3.21. The maximum Gasteiger partial charge on any atom is 0.329 e. The molecule has 2 atom stereocenters. The predicted molar refractivity (Wildman–Crippen MR) is 85.0 cm³/mol. The molecule has 1 saturated carbocycles. The van der Waals surface area contributed by atoms with Crippen molar-refractivity contribution in [2.45, 2.75) is 18.1 Å². The van der Waals surface area contributed by atoms with E-state index in [1.807, 2.05) is 4.90 Å². The maximum atomic E-state index is 12.3. The molecule has 1 aromatic heterocycles. The molecule has 126 valence electrons. The number of anilines is 1. The summed E-state index contributed by atoms with van der Waals surface area (Å²) in [6, 6.07) is 1.43. The molecule has 1 aromatic rings. The van der Waals surface area contributed by atoms with E-state index in [1.54, 1.807) is 4.31 Å². The molecule has 3 fully saturated rings. The SMILES string of the molecule is Cn1c(=O)cc(N2CC3CN(S(=O)(=O)C4CC4)CC3C2)[nH]c1=O. The summed E-state index contributed by atoms with van der Waals surface area (Å²) in [5.41, 5.74) is -0.763. The van der Waals surface area contributed by atoms with Crippen molar-refractivity contribution in [2.24, 2.45) is 18.9 Å². The highest BCUT2D eigenvalue weighted by Gasteiger charge is 2.48. The first-order valence-corrected chi connectivity index (χ1v) is 9.41. The molecular formula is C14H20N4O4S. The summed E-state index contributed by atoms with van der Waals surface area (Å²) in [5, 5.41) is -0.161. The molecule has 0 spiro atoms. The van der Waals surface area contributed by atoms with E-state index in [9.17, 15) is 18.0 Å². The van der Waals surface area contributed by atoms with Crippen LogP contribution in [0.3, 0.4) is 0 Å². The highest BCUT2D eigenvalue weighted by Crippen LogP contribution is 2.38. The molecule has 1 N–H and O–H groups in total. The molecule has 4 rings (SSSR count). The lowest BCUT2D eigenvalue weighted by Crippen LogP contribution is -2.37. The molecule has 9 heteroatoms. The van der Waals surface area contributed by atoms with Gasteiger partial charge in [0, 0.05) is 39.3 Å². The summed E-state index contributed by atoms with van der Waals surface area (Å²) >= 11 is 0. The standard InChI is InChI=1S/C14H20N4O4S/c1-16-13(19)4-12(15-14(16)20)17-5-9-7-18(8-10(9)6-17)23(21,22)11-2-3-11/h4,9-11H,2-3,5-8H2,1H3,(H,15,20). The number of nitrogens with zero attached hydrogens (tertiary/aromatic N) is 3. The van der Waals surface area contributed by atoms with Crippen molar-refractivity contribution in [3.63, 3.8) is 0 Å². The molecule has 2 aliphatic heterocycles. The van der Waals surface area contributed by atoms with Crippen LogP contribution in [0.5, 0.6) is 0 Å². The number of nitrogens with one attached hydrogen (secondary N) is 1. The van der Waals surface area contributed by atoms with Gasteiger partial charge < -0.3 is 4.90 Å². The largest absolute Gasteiger partial charge is 0.357 e. The number of rotatable bonds is 3. The molecule has 0 bridgehead atoms. The van der Waals surface area contributed by atoms with Gasteiger partial charge in [0.25, 0.3) is 5.56 Å². The van der Waals surface area contributed by atoms with Gasteiger partial charge in [0.15, 0.2) is 0 Å². The van der Waals surface area contributed by atoms with Gasteiger partial charge in [0.05, 0.1) is 5.25 Å². The minimum Gasteiger partial charge on any atom is -0.357 e. The van der Waals surface area contributed by atoms with Gasteiger partial charge >= 0.3 is 5.69 Å². The zero-order valence-corrected chi connectivity index (χ0v) is 13.8. The van der Waals surface area contributed by atoms with Crippen LogP contribution >= 0.6 is 0 Å². The molecule has 1 aliphatic carbocycles. The Morgan fingerprint density at radius 2 is 1.70 bits per heavy atom. The molecule has 0 radical (unpaired) electrons. The van der Waals surface area contributed by atoms with Gasteiger partial charge in [-0.1, -0.05) is 0 Å². The number of aromatic amines is 1. The Balaban J connectivity index is 1.50. The van der Waals surface area contributed by atoms with Gasteiger partial charge in [0.2, 0.25) is 10.0 Å². The fraction of sp³-hybridized carbons (Fsp3) is 0.714. The summed E-state index contributed by atoms with van der Waals surface area (Å²) in [7, 11) is -1.67. The van der Waals surface area contributed by atoms with Crippen LogP contribution in [0.15, 0.2) is 15.7 Å². The zero-order chi connectivity index (χ0) is 16.4. The van der Waals surface area contributed by atoms with Crippen LogP contribution in [0, 0.1) is 11.8 Å². The fourth-order valence-corrected chi connectivity index (χ4v) is 5.60. The third-order valence-corrected chi connectivity index (χ3v) is 7.56. The second-order valence-corrected chi connectivity index (χ2v) is 9.06. The van der Waals surface area contributed by atoms with Gasteiger partial charge in [-0.2, -0.15) is 0 Å². The third kappa shape index (κ3) is 2.42. The topological polar surface area (TPSA) is 95.5 Å². The molecule has 0 amide bonds. The molecule has 23 heavy (non-hydrogen) atoms. The highest BCUT2D eigenvalue weighted by atomic mass is 32.2. The monoisotopic (exact) mass is 340 g/mol. The normalized spacial score (nSPS) is 28.3. The van der Waals surface area contributed by atoms with Crippen LogP contribution in [0.1, 0.15) is 12.8 Å². The third-order valence-electron chi connectivity index (χ3n) is 5.23. The summed E-state index contributed by atoms with van der Waals surface area (Å²) in [4.78, 5) is 28.2. The number of hydrogen-bond acceptors (Lipinski definition) is 5. The molecular weight excluding hydrogens is 320 g/mol. The van der Waals surface area contributed by atoms with Crippen molar-refractivity contribution < 1.29 is 8.42 Å². The molecule has 0 aromatic carbocycles. The maximum absolute atomic E-state index is 12.3. The van der Waals surface area contributed by atoms with Gasteiger partial charge in [-0.3, -0.25) is 14.3 Å². The van der Waals surface area contributed by atoms with Gasteiger partial charge in [-0.05, 0) is 24.7 Å². The number of aromatic nitrogens is 2. The van der Waals surface area contributed by atoms with E-state index in [0.717, 1.165) is 17.4 Å². The smallest absolute Gasteiger partial charge is 0.329 e. The predicted octanol–water partition coefficient (Wildman–Crippen LogP) is -1.07. The Bertz CT molecular complexity index is 809. The van der Waals surface area contributed by atoms with E-state index < -0.39 is 15.7 Å². The first-order chi connectivity index (χ1) is 10.9. The number of H-pyrrole nitrogens is 1. The van der Waals surface area contributed by atoms with Gasteiger partial charge in [0.1, 0.15) is 5.82 Å². The van der Waals surface area contributed by atoms with Crippen LogP contribution in [0.2, 0.25) is 0 Å². The van der Waals surface area contributed by atoms with Crippen molar-refractivity contribution in [1.82, 2.24) is 13.9 Å². The number of hydrogen-bond donors (Lipinski definition) is 1. The van der Waals surface area contributed by atoms with Crippen molar-refractivity contribution in [3.05, 3.63) is 26.9 Å². The summed E-state index contributed by atoms with van der Waals surface area (Å²) < 4.78 is 27.3. The Hall–Kier alpha value is -1.61. The van der Waals surface area contributed by atoms with E-state index in [0.29, 0.717) is 32.0 Å². The van der Waals surface area contributed by atoms with Crippen molar-refractivity contribution in [2.75, 3.05) is 31.1 Å². The number of fused-ring (bicyclic) bond motifs is 1. The van der Waals surface area contributed by atoms with Crippen molar-refractivity contribution >= 4 is 15.8 Å². The quantitative estimate of drug-likeness (QED) is 0.756. The second-order valence-electron chi connectivity index (χ2n) is 6.84. The lowest BCUT2D eigenvalue weighted by molar-refractivity contribution is 0.452. The summed E-state index contributed by atoms with van der Waals surface area (Å²) in [6.45, 7) is 2.44. The van der Waals surface area contributed by atoms with Crippen LogP contribution < -0.4 is 16.1 Å². The van der Waals surface area contributed by atoms with Crippen LogP contribution in [0.25, 0.3) is 0 Å². The molecule has 2 saturated heterocycles. The first kappa shape index (κ1) is 14.9. The Morgan fingerprint density at radius 3 is 2.22 bits per heavy atom. The van der Waals surface area contributed by atoms with Crippen LogP contribution in [-0.2, 0) is 17.1 Å². The van der Waals surface area contributed by atoms with Crippen molar-refractivity contribution in [3.8, 4) is 0 Å². The second kappa shape index (κ2) is 4.94. The minimum absolute atomic E-state index is 0.161. The van der Waals surface area contributed by atoms with Gasteiger partial charge in [-0.25, -0.2) is 17.5 Å². The van der Waals surface area contributed by atoms with Crippen LogP contribution in [0.4, 0.5) is 5.82 Å². The van der Waals surface area contributed by atoms with E-state index in [2.05, 4.69) is 4.98 Å². The lowest BCUT2D eigenvalue weighted by Gasteiger charge is -2.22. The van der Waals surface area contributed by atoms with E-state index in [1.165, 1.54) is 13.1 Å². The minimum atomic E-state index is -3.11. The average Bonchev–Trinajstić information content (AvgIpc) is 3.16. The summed E-state index contributed by atoms with van der Waals surface area (Å²) in [6.07, 6.45) is 1.57. The summed E-state index contributed by atoms with van der Waals surface area (Å²) in [5.74, 6) is 1.05. The fourth-order valence-electron chi connectivity index (χ4n) is 3.65. The zero-order valence-electron chi connectivity index (χ0n) is 12.9. The lowest BCUT2D eigenvalue weighted by atomic mass is 10.0. The molecule has 8 nitrogen and oxygen atoms in total. The number of sulfonamides is 1. The molecule has 2 unspecified atom stereocenters. The first-order valence-electron chi connectivity index (χ1n) is 7.90. The van der Waals surface area contributed by atoms with Crippen molar-refractivity contribution in [1.29, 1.82) is 0 Å². The Labute approximate surface area is 133 Å². The average molecular weight is 340 g/mol. The molecule has 3 heterocycles. The highest BCUT2D eigenvalue weighted by molar-refractivity contribution is 7.90. The van der Waals surface area contributed by atoms with Gasteiger partial charge in [-0.15, -0.1) is 0 Å². The van der Waals surface area contributed by atoms with Crippen LogP contribution in [-0.4, -0.2) is 53.7 Å². The van der Waals surface area contributed by atoms with E-state index >= 15 is 0 Å². The van der Waals surface area contributed by atoms with E-state index in [-0.39, 0.29) is 22.6 Å². The Morgan fingerprint density at radius 1 is 1.09 bits per heavy atom. The van der Waals surface area contributed by atoms with E-state index in [4.69, 9.17) is 0 Å². The molecule has 3 aliphatic rings.